The first-order valence-corrected chi connectivity index (χ1v) is 4.23. The number of hydrogen-bond donors (Lipinski definition) is 0. The van der Waals surface area contributed by atoms with Gasteiger partial charge in [0.15, 0.2) is 0 Å². The van der Waals surface area contributed by atoms with Crippen molar-refractivity contribution < 1.29 is 4.79 Å². The molecule has 2 nitrogen and oxygen atoms in total. The van der Waals surface area contributed by atoms with Crippen molar-refractivity contribution in [2.24, 2.45) is 0 Å². The molecule has 0 heterocycles. The summed E-state index contributed by atoms with van der Waals surface area (Å²) in [5, 5.41) is 0. The summed E-state index contributed by atoms with van der Waals surface area (Å²) in [6.07, 6.45) is 3.60. The Morgan fingerprint density at radius 1 is 1.31 bits per heavy atom. The van der Waals surface area contributed by atoms with Gasteiger partial charge in [-0.05, 0) is 19.1 Å². The molecule has 0 unspecified atom stereocenters. The van der Waals surface area contributed by atoms with Crippen LogP contribution in [0, 0.1) is 0 Å². The van der Waals surface area contributed by atoms with Crippen LogP contribution in [0.3, 0.4) is 0 Å². The van der Waals surface area contributed by atoms with Gasteiger partial charge in [-0.25, -0.2) is 0 Å². The highest BCUT2D eigenvalue weighted by molar-refractivity contribution is 5.93. The van der Waals surface area contributed by atoms with Gasteiger partial charge in [-0.1, -0.05) is 24.3 Å². The van der Waals surface area contributed by atoms with Crippen molar-refractivity contribution in [3.05, 3.63) is 42.6 Å². The molecule has 0 N–H and O–H groups in total. The van der Waals surface area contributed by atoms with Crippen LogP contribution in [0.5, 0.6) is 0 Å². The van der Waals surface area contributed by atoms with E-state index in [4.69, 9.17) is 0 Å². The molecule has 13 heavy (non-hydrogen) atoms. The average molecular weight is 175 g/mol. The highest BCUT2D eigenvalue weighted by Crippen LogP contribution is 2.13. The molecule has 0 saturated heterocycles. The van der Waals surface area contributed by atoms with Crippen molar-refractivity contribution in [1.29, 1.82) is 0 Å². The number of para-hydroxylation sites is 1. The molecule has 68 valence electrons. The van der Waals surface area contributed by atoms with E-state index < -0.39 is 0 Å². The van der Waals surface area contributed by atoms with Crippen molar-refractivity contribution in [3.63, 3.8) is 0 Å². The molecule has 0 saturated carbocycles. The van der Waals surface area contributed by atoms with Crippen LogP contribution in [0.4, 0.5) is 5.69 Å². The van der Waals surface area contributed by atoms with E-state index in [1.165, 1.54) is 0 Å². The second kappa shape index (κ2) is 4.45. The first-order valence-electron chi connectivity index (χ1n) is 4.23. The molecule has 1 aromatic rings. The molecule has 0 aromatic heterocycles. The predicted molar refractivity (Wildman–Crippen MR) is 54.4 cm³/mol. The van der Waals surface area contributed by atoms with Crippen molar-refractivity contribution in [3.8, 4) is 0 Å². The second-order valence-corrected chi connectivity index (χ2v) is 2.71. The summed E-state index contributed by atoms with van der Waals surface area (Å²) in [6.45, 7) is 3.44. The third kappa shape index (κ3) is 2.44. The van der Waals surface area contributed by atoms with Gasteiger partial charge in [-0.3, -0.25) is 9.69 Å². The smallest absolute Gasteiger partial charge is 0.227 e. The Balaban J connectivity index is 2.96. The SMILES string of the molecule is C/C=C/N(C(C)=O)c1ccccc1. The Bertz CT molecular complexity index is 303. The number of amides is 1. The Morgan fingerprint density at radius 3 is 2.38 bits per heavy atom. The van der Waals surface area contributed by atoms with Crippen molar-refractivity contribution in [2.45, 2.75) is 13.8 Å². The normalized spacial score (nSPS) is 10.3. The molecule has 0 fully saturated rings. The minimum atomic E-state index is 0.0179. The molecule has 0 aliphatic carbocycles. The Kier molecular flexibility index (Phi) is 3.26. The van der Waals surface area contributed by atoms with Crippen molar-refractivity contribution in [2.75, 3.05) is 4.90 Å². The average Bonchev–Trinajstić information content (AvgIpc) is 2.15. The van der Waals surface area contributed by atoms with E-state index in [2.05, 4.69) is 0 Å². The largest absolute Gasteiger partial charge is 0.288 e. The summed E-state index contributed by atoms with van der Waals surface area (Å²) in [4.78, 5) is 12.8. The van der Waals surface area contributed by atoms with Gasteiger partial charge >= 0.3 is 0 Å². The van der Waals surface area contributed by atoms with Gasteiger partial charge in [0, 0.05) is 18.8 Å². The lowest BCUT2D eigenvalue weighted by Gasteiger charge is -2.15. The number of carbonyl (C=O) groups is 1. The number of carbonyl (C=O) groups excluding carboxylic acids is 1. The van der Waals surface area contributed by atoms with Crippen LogP contribution in [0.15, 0.2) is 42.6 Å². The maximum atomic E-state index is 11.2. The Hall–Kier alpha value is -1.57. The van der Waals surface area contributed by atoms with Crippen LogP contribution in [0.1, 0.15) is 13.8 Å². The molecule has 0 aliphatic rings. The first kappa shape index (κ1) is 9.52. The highest BCUT2D eigenvalue weighted by atomic mass is 16.2. The molecular weight excluding hydrogens is 162 g/mol. The van der Waals surface area contributed by atoms with Gasteiger partial charge in [-0.2, -0.15) is 0 Å². The van der Waals surface area contributed by atoms with E-state index in [0.717, 1.165) is 5.69 Å². The highest BCUT2D eigenvalue weighted by Gasteiger charge is 2.05. The fourth-order valence-electron chi connectivity index (χ4n) is 1.11. The lowest BCUT2D eigenvalue weighted by molar-refractivity contribution is -0.116. The number of hydrogen-bond acceptors (Lipinski definition) is 1. The summed E-state index contributed by atoms with van der Waals surface area (Å²) in [5.41, 5.74) is 0.896. The van der Waals surface area contributed by atoms with Gasteiger partial charge in [0.2, 0.25) is 5.91 Å². The van der Waals surface area contributed by atoms with Crippen LogP contribution < -0.4 is 4.90 Å². The van der Waals surface area contributed by atoms with Crippen LogP contribution in [-0.4, -0.2) is 5.91 Å². The van der Waals surface area contributed by atoms with E-state index in [1.54, 1.807) is 18.0 Å². The lowest BCUT2D eigenvalue weighted by Crippen LogP contribution is -2.21. The maximum absolute atomic E-state index is 11.2. The molecule has 1 aromatic carbocycles. The molecule has 0 radical (unpaired) electrons. The summed E-state index contributed by atoms with van der Waals surface area (Å²) in [7, 11) is 0. The van der Waals surface area contributed by atoms with E-state index in [9.17, 15) is 4.79 Å². The Labute approximate surface area is 78.5 Å². The van der Waals surface area contributed by atoms with Gasteiger partial charge in [0.05, 0.1) is 0 Å². The summed E-state index contributed by atoms with van der Waals surface area (Å²) in [6, 6.07) is 9.56. The predicted octanol–water partition coefficient (Wildman–Crippen LogP) is 2.57. The van der Waals surface area contributed by atoms with Gasteiger partial charge in [0.25, 0.3) is 0 Å². The van der Waals surface area contributed by atoms with Gasteiger partial charge in [0.1, 0.15) is 0 Å². The summed E-state index contributed by atoms with van der Waals surface area (Å²) in [5.74, 6) is 0.0179. The molecule has 2 heteroatoms. The quantitative estimate of drug-likeness (QED) is 0.676. The lowest BCUT2D eigenvalue weighted by atomic mass is 10.3. The summed E-state index contributed by atoms with van der Waals surface area (Å²) >= 11 is 0. The van der Waals surface area contributed by atoms with Crippen LogP contribution in [-0.2, 0) is 4.79 Å². The molecule has 0 aliphatic heterocycles. The van der Waals surface area contributed by atoms with Crippen molar-refractivity contribution >= 4 is 11.6 Å². The minimum Gasteiger partial charge on any atom is -0.288 e. The molecule has 0 atom stereocenters. The second-order valence-electron chi connectivity index (χ2n) is 2.71. The third-order valence-electron chi connectivity index (χ3n) is 1.67. The van der Waals surface area contributed by atoms with Gasteiger partial charge in [-0.15, -0.1) is 0 Å². The molecule has 1 amide bonds. The fraction of sp³-hybridized carbons (Fsp3) is 0.182. The first-order chi connectivity index (χ1) is 6.25. The topological polar surface area (TPSA) is 20.3 Å². The Morgan fingerprint density at radius 2 is 1.92 bits per heavy atom. The molecule has 0 spiro atoms. The van der Waals surface area contributed by atoms with E-state index in [-0.39, 0.29) is 5.91 Å². The van der Waals surface area contributed by atoms with E-state index >= 15 is 0 Å². The standard InChI is InChI=1S/C11H13NO/c1-3-9-12(10(2)13)11-7-5-4-6-8-11/h3-9H,1-2H3/b9-3+. The number of anilines is 1. The third-order valence-corrected chi connectivity index (χ3v) is 1.67. The number of benzene rings is 1. The molecule has 1 rings (SSSR count). The molecule has 0 bridgehead atoms. The number of rotatable bonds is 2. The number of allylic oxidation sites excluding steroid dienone is 1. The summed E-state index contributed by atoms with van der Waals surface area (Å²) < 4.78 is 0. The zero-order valence-electron chi connectivity index (χ0n) is 7.90. The van der Waals surface area contributed by atoms with Crippen LogP contribution in [0.25, 0.3) is 0 Å². The zero-order valence-corrected chi connectivity index (χ0v) is 7.90. The molecular formula is C11H13NO. The van der Waals surface area contributed by atoms with Gasteiger partial charge < -0.3 is 0 Å². The minimum absolute atomic E-state index is 0.0179. The monoisotopic (exact) mass is 175 g/mol. The fourth-order valence-corrected chi connectivity index (χ4v) is 1.11. The maximum Gasteiger partial charge on any atom is 0.227 e. The van der Waals surface area contributed by atoms with E-state index in [0.29, 0.717) is 0 Å². The number of nitrogens with zero attached hydrogens (tertiary/aromatic N) is 1. The van der Waals surface area contributed by atoms with Crippen LogP contribution in [0.2, 0.25) is 0 Å². The van der Waals surface area contributed by atoms with E-state index in [1.807, 2.05) is 43.3 Å². The van der Waals surface area contributed by atoms with Crippen molar-refractivity contribution in [1.82, 2.24) is 0 Å². The zero-order chi connectivity index (χ0) is 9.68. The van der Waals surface area contributed by atoms with Crippen LogP contribution >= 0.6 is 0 Å².